The van der Waals surface area contributed by atoms with Crippen LogP contribution in [-0.2, 0) is 13.0 Å². The summed E-state index contributed by atoms with van der Waals surface area (Å²) in [4.78, 5) is 0. The van der Waals surface area contributed by atoms with Crippen LogP contribution in [-0.4, -0.2) is 16.8 Å². The maximum Gasteiger partial charge on any atom is 0.161 e. The third-order valence-corrected chi connectivity index (χ3v) is 3.32. The zero-order chi connectivity index (χ0) is 12.1. The van der Waals surface area contributed by atoms with Crippen molar-refractivity contribution in [1.29, 1.82) is 0 Å². The van der Waals surface area contributed by atoms with Crippen LogP contribution in [0.3, 0.4) is 0 Å². The molecular formula is C13H15NO2S. The third-order valence-electron chi connectivity index (χ3n) is 2.58. The summed E-state index contributed by atoms with van der Waals surface area (Å²) in [7, 11) is 0. The molecule has 17 heavy (non-hydrogen) atoms. The highest BCUT2D eigenvalue weighted by Crippen LogP contribution is 2.27. The van der Waals surface area contributed by atoms with E-state index in [0.717, 1.165) is 18.5 Å². The van der Waals surface area contributed by atoms with Crippen LogP contribution in [0.25, 0.3) is 0 Å². The van der Waals surface area contributed by atoms with Crippen molar-refractivity contribution in [2.75, 3.05) is 6.54 Å². The SMILES string of the molecule is Oc1cccc(CNCCc2ccsc2)c1O. The minimum atomic E-state index is -0.0675. The van der Waals surface area contributed by atoms with Crippen molar-refractivity contribution < 1.29 is 10.2 Å². The predicted octanol–water partition coefficient (Wildman–Crippen LogP) is 2.49. The average molecular weight is 249 g/mol. The first-order chi connectivity index (χ1) is 8.27. The summed E-state index contributed by atoms with van der Waals surface area (Å²) in [6.45, 7) is 1.41. The monoisotopic (exact) mass is 249 g/mol. The van der Waals surface area contributed by atoms with Gasteiger partial charge in [0.2, 0.25) is 0 Å². The Morgan fingerprint density at radius 3 is 2.82 bits per heavy atom. The second-order valence-corrected chi connectivity index (χ2v) is 4.62. The first-order valence-electron chi connectivity index (χ1n) is 5.49. The second-order valence-electron chi connectivity index (χ2n) is 3.84. The van der Waals surface area contributed by atoms with Crippen LogP contribution in [0.15, 0.2) is 35.0 Å². The summed E-state index contributed by atoms with van der Waals surface area (Å²) in [6, 6.07) is 7.11. The molecule has 0 saturated carbocycles. The van der Waals surface area contributed by atoms with E-state index in [-0.39, 0.29) is 11.5 Å². The van der Waals surface area contributed by atoms with Crippen LogP contribution in [0.5, 0.6) is 11.5 Å². The lowest BCUT2D eigenvalue weighted by atomic mass is 10.2. The molecule has 2 rings (SSSR count). The minimum Gasteiger partial charge on any atom is -0.504 e. The molecule has 1 aromatic heterocycles. The van der Waals surface area contributed by atoms with Gasteiger partial charge in [0, 0.05) is 12.1 Å². The lowest BCUT2D eigenvalue weighted by Crippen LogP contribution is -2.16. The standard InChI is InChI=1S/C13H15NO2S/c15-12-3-1-2-11(13(12)16)8-14-6-4-10-5-7-17-9-10/h1-3,5,7,9,14-16H,4,6,8H2. The van der Waals surface area contributed by atoms with E-state index in [4.69, 9.17) is 0 Å². The van der Waals surface area contributed by atoms with Gasteiger partial charge in [-0.25, -0.2) is 0 Å². The van der Waals surface area contributed by atoms with Gasteiger partial charge in [0.1, 0.15) is 0 Å². The highest BCUT2D eigenvalue weighted by molar-refractivity contribution is 7.07. The normalized spacial score (nSPS) is 10.6. The van der Waals surface area contributed by atoms with Gasteiger partial charge in [-0.3, -0.25) is 0 Å². The van der Waals surface area contributed by atoms with Crippen LogP contribution in [0.4, 0.5) is 0 Å². The number of phenols is 2. The Labute approximate surface area is 104 Å². The lowest BCUT2D eigenvalue weighted by molar-refractivity contribution is 0.398. The number of hydrogen-bond donors (Lipinski definition) is 3. The molecule has 0 fully saturated rings. The number of hydrogen-bond acceptors (Lipinski definition) is 4. The van der Waals surface area contributed by atoms with Gasteiger partial charge in [0.05, 0.1) is 0 Å². The summed E-state index contributed by atoms with van der Waals surface area (Å²) in [6.07, 6.45) is 0.975. The topological polar surface area (TPSA) is 52.5 Å². The number of benzene rings is 1. The number of rotatable bonds is 5. The van der Waals surface area contributed by atoms with Crippen LogP contribution < -0.4 is 5.32 Å². The van der Waals surface area contributed by atoms with Gasteiger partial charge in [-0.15, -0.1) is 0 Å². The maximum atomic E-state index is 9.59. The van der Waals surface area contributed by atoms with E-state index in [0.29, 0.717) is 6.54 Å². The quantitative estimate of drug-likeness (QED) is 0.563. The molecule has 2 aromatic rings. The van der Waals surface area contributed by atoms with Gasteiger partial charge < -0.3 is 15.5 Å². The Kier molecular flexibility index (Phi) is 4.01. The first kappa shape index (κ1) is 12.0. The van der Waals surface area contributed by atoms with E-state index in [1.807, 2.05) is 0 Å². The third kappa shape index (κ3) is 3.22. The van der Waals surface area contributed by atoms with E-state index in [1.54, 1.807) is 23.5 Å². The summed E-state index contributed by atoms with van der Waals surface area (Å²) in [5.74, 6) is -0.0994. The molecule has 0 atom stereocenters. The fourth-order valence-electron chi connectivity index (χ4n) is 1.61. The van der Waals surface area contributed by atoms with Gasteiger partial charge in [0.15, 0.2) is 11.5 Å². The molecule has 3 nitrogen and oxygen atoms in total. The molecule has 0 spiro atoms. The highest BCUT2D eigenvalue weighted by atomic mass is 32.1. The molecular weight excluding hydrogens is 234 g/mol. The van der Waals surface area contributed by atoms with Crippen LogP contribution in [0.1, 0.15) is 11.1 Å². The van der Waals surface area contributed by atoms with E-state index >= 15 is 0 Å². The van der Waals surface area contributed by atoms with Gasteiger partial charge in [0.25, 0.3) is 0 Å². The molecule has 1 aromatic carbocycles. The number of para-hydroxylation sites is 1. The van der Waals surface area contributed by atoms with Crippen molar-refractivity contribution in [2.24, 2.45) is 0 Å². The molecule has 0 bridgehead atoms. The Morgan fingerprint density at radius 2 is 2.06 bits per heavy atom. The predicted molar refractivity (Wildman–Crippen MR) is 69.5 cm³/mol. The maximum absolute atomic E-state index is 9.59. The molecule has 3 N–H and O–H groups in total. The zero-order valence-electron chi connectivity index (χ0n) is 9.39. The van der Waals surface area contributed by atoms with E-state index in [9.17, 15) is 10.2 Å². The molecule has 0 unspecified atom stereocenters. The van der Waals surface area contributed by atoms with Crippen molar-refractivity contribution in [2.45, 2.75) is 13.0 Å². The largest absolute Gasteiger partial charge is 0.504 e. The summed E-state index contributed by atoms with van der Waals surface area (Å²) in [5.41, 5.74) is 2.04. The zero-order valence-corrected chi connectivity index (χ0v) is 10.2. The van der Waals surface area contributed by atoms with E-state index < -0.39 is 0 Å². The molecule has 0 aliphatic rings. The highest BCUT2D eigenvalue weighted by Gasteiger charge is 2.04. The van der Waals surface area contributed by atoms with Crippen molar-refractivity contribution in [1.82, 2.24) is 5.32 Å². The number of aromatic hydroxyl groups is 2. The molecule has 4 heteroatoms. The van der Waals surface area contributed by atoms with Crippen LogP contribution >= 0.6 is 11.3 Å². The molecule has 0 saturated heterocycles. The summed E-state index contributed by atoms with van der Waals surface area (Å²) >= 11 is 1.70. The molecule has 1 heterocycles. The van der Waals surface area contributed by atoms with Crippen LogP contribution in [0.2, 0.25) is 0 Å². The minimum absolute atomic E-state index is 0.0319. The number of phenolic OH excluding ortho intramolecular Hbond substituents is 2. The van der Waals surface area contributed by atoms with Crippen molar-refractivity contribution in [3.8, 4) is 11.5 Å². The van der Waals surface area contributed by atoms with Crippen molar-refractivity contribution in [3.63, 3.8) is 0 Å². The molecule has 0 aliphatic heterocycles. The van der Waals surface area contributed by atoms with Gasteiger partial charge in [-0.2, -0.15) is 11.3 Å². The van der Waals surface area contributed by atoms with Gasteiger partial charge >= 0.3 is 0 Å². The summed E-state index contributed by atoms with van der Waals surface area (Å²) < 4.78 is 0. The second kappa shape index (κ2) is 5.70. The average Bonchev–Trinajstić information content (AvgIpc) is 2.83. The number of thiophene rings is 1. The van der Waals surface area contributed by atoms with Gasteiger partial charge in [-0.05, 0) is 41.4 Å². The Bertz CT molecular complexity index is 468. The summed E-state index contributed by atoms with van der Waals surface area (Å²) in [5, 5.41) is 26.4. The molecule has 0 aliphatic carbocycles. The smallest absolute Gasteiger partial charge is 0.161 e. The molecule has 90 valence electrons. The molecule has 0 amide bonds. The van der Waals surface area contributed by atoms with Crippen LogP contribution in [0, 0.1) is 0 Å². The fraction of sp³-hybridized carbons (Fsp3) is 0.231. The first-order valence-corrected chi connectivity index (χ1v) is 6.43. The molecule has 0 radical (unpaired) electrons. The Balaban J connectivity index is 1.80. The number of nitrogens with one attached hydrogen (secondary N) is 1. The van der Waals surface area contributed by atoms with Gasteiger partial charge in [-0.1, -0.05) is 12.1 Å². The fourth-order valence-corrected chi connectivity index (χ4v) is 2.31. The Morgan fingerprint density at radius 1 is 1.18 bits per heavy atom. The van der Waals surface area contributed by atoms with Crippen molar-refractivity contribution in [3.05, 3.63) is 46.2 Å². The van der Waals surface area contributed by atoms with E-state index in [2.05, 4.69) is 22.1 Å². The Hall–Kier alpha value is -1.52. The van der Waals surface area contributed by atoms with E-state index in [1.165, 1.54) is 11.6 Å². The van der Waals surface area contributed by atoms with Crippen molar-refractivity contribution >= 4 is 11.3 Å². The lowest BCUT2D eigenvalue weighted by Gasteiger charge is -2.07.